The number of rotatable bonds is 12. The third-order valence-corrected chi connectivity index (χ3v) is 8.08. The number of nitrogens with one attached hydrogen (secondary N) is 1. The van der Waals surface area contributed by atoms with Crippen LogP contribution in [0.25, 0.3) is 0 Å². The molecule has 3 aromatic rings. The van der Waals surface area contributed by atoms with Gasteiger partial charge in [-0.1, -0.05) is 62.4 Å². The average Bonchev–Trinajstić information content (AvgIpc) is 2.86. The Labute approximate surface area is 220 Å². The molecule has 0 saturated heterocycles. The van der Waals surface area contributed by atoms with Gasteiger partial charge in [0.1, 0.15) is 0 Å². The number of aryl methyl sites for hydroxylation is 2. The first-order chi connectivity index (χ1) is 17.6. The third kappa shape index (κ3) is 7.89. The Bertz CT molecular complexity index is 1260. The zero-order valence-corrected chi connectivity index (χ0v) is 22.5. The predicted octanol–water partition coefficient (Wildman–Crippen LogP) is 4.02. The topological polar surface area (TPSA) is 113 Å². The molecule has 2 atom stereocenters. The maximum absolute atomic E-state index is 13.5. The van der Waals surface area contributed by atoms with Gasteiger partial charge in [0, 0.05) is 24.3 Å². The van der Waals surface area contributed by atoms with E-state index >= 15 is 0 Å². The minimum atomic E-state index is -3.89. The number of nitrogen functional groups attached to an aromatic ring is 1. The quantitative estimate of drug-likeness (QED) is 0.311. The summed E-state index contributed by atoms with van der Waals surface area (Å²) in [7, 11) is -3.89. The second-order valence-electron chi connectivity index (χ2n) is 9.77. The van der Waals surface area contributed by atoms with Gasteiger partial charge in [-0.05, 0) is 67.1 Å². The molecular formula is C29H37N3O4S. The molecule has 3 aromatic carbocycles. The molecule has 0 unspecified atom stereocenters. The predicted molar refractivity (Wildman–Crippen MR) is 148 cm³/mol. The van der Waals surface area contributed by atoms with Crippen LogP contribution in [0.1, 0.15) is 41.8 Å². The highest BCUT2D eigenvalue weighted by molar-refractivity contribution is 7.89. The molecule has 0 heterocycles. The van der Waals surface area contributed by atoms with E-state index in [1.165, 1.54) is 16.4 Å². The Balaban J connectivity index is 1.86. The Morgan fingerprint density at radius 1 is 0.946 bits per heavy atom. The van der Waals surface area contributed by atoms with Gasteiger partial charge >= 0.3 is 0 Å². The van der Waals surface area contributed by atoms with Crippen LogP contribution in [0, 0.1) is 12.8 Å². The number of carbonyl (C=O) groups excluding carboxylic acids is 1. The van der Waals surface area contributed by atoms with Crippen molar-refractivity contribution in [3.05, 3.63) is 95.6 Å². The summed E-state index contributed by atoms with van der Waals surface area (Å²) in [6, 6.07) is 22.4. The van der Waals surface area contributed by atoms with Gasteiger partial charge < -0.3 is 16.2 Å². The van der Waals surface area contributed by atoms with Crippen LogP contribution >= 0.6 is 0 Å². The van der Waals surface area contributed by atoms with Crippen LogP contribution in [0.3, 0.4) is 0 Å². The summed E-state index contributed by atoms with van der Waals surface area (Å²) in [4.78, 5) is 13.3. The molecule has 0 bridgehead atoms. The number of hydrogen-bond acceptors (Lipinski definition) is 5. The van der Waals surface area contributed by atoms with E-state index in [-0.39, 0.29) is 29.8 Å². The highest BCUT2D eigenvalue weighted by atomic mass is 32.2. The molecule has 37 heavy (non-hydrogen) atoms. The molecule has 0 radical (unpaired) electrons. The lowest BCUT2D eigenvalue weighted by molar-refractivity contribution is 0.0759. The van der Waals surface area contributed by atoms with Gasteiger partial charge in [-0.15, -0.1) is 0 Å². The highest BCUT2D eigenvalue weighted by Gasteiger charge is 2.31. The van der Waals surface area contributed by atoms with E-state index in [2.05, 4.69) is 5.32 Å². The van der Waals surface area contributed by atoms with Crippen LogP contribution in [0.4, 0.5) is 5.69 Å². The Morgan fingerprint density at radius 3 is 2.19 bits per heavy atom. The molecule has 8 heteroatoms. The monoisotopic (exact) mass is 523 g/mol. The van der Waals surface area contributed by atoms with Gasteiger partial charge in [0.15, 0.2) is 0 Å². The molecular weight excluding hydrogens is 486 g/mol. The number of carbonyl (C=O) groups is 1. The fraction of sp³-hybridized carbons (Fsp3) is 0.345. The van der Waals surface area contributed by atoms with Crippen molar-refractivity contribution in [3.63, 3.8) is 0 Å². The number of nitrogens with two attached hydrogens (primary N) is 1. The zero-order chi connectivity index (χ0) is 27.0. The lowest BCUT2D eigenvalue weighted by Crippen LogP contribution is -2.50. The molecule has 4 N–H and O–H groups in total. The molecule has 0 fully saturated rings. The third-order valence-electron chi connectivity index (χ3n) is 6.23. The number of nitrogens with zero attached hydrogens (tertiary/aromatic N) is 1. The highest BCUT2D eigenvalue weighted by Crippen LogP contribution is 2.21. The number of anilines is 1. The van der Waals surface area contributed by atoms with Crippen LogP contribution in [-0.4, -0.2) is 49.0 Å². The molecule has 0 aliphatic rings. The Morgan fingerprint density at radius 2 is 1.57 bits per heavy atom. The second-order valence-corrected chi connectivity index (χ2v) is 11.7. The van der Waals surface area contributed by atoms with E-state index in [1.54, 1.807) is 24.3 Å². The minimum Gasteiger partial charge on any atom is -0.399 e. The molecule has 0 aliphatic heterocycles. The van der Waals surface area contributed by atoms with Crippen molar-refractivity contribution >= 4 is 21.6 Å². The van der Waals surface area contributed by atoms with Gasteiger partial charge in [0.2, 0.25) is 10.0 Å². The lowest BCUT2D eigenvalue weighted by atomic mass is 9.99. The maximum atomic E-state index is 13.5. The van der Waals surface area contributed by atoms with Crippen molar-refractivity contribution in [1.82, 2.24) is 9.62 Å². The fourth-order valence-electron chi connectivity index (χ4n) is 4.20. The lowest BCUT2D eigenvalue weighted by Gasteiger charge is -2.31. The molecule has 0 aromatic heterocycles. The van der Waals surface area contributed by atoms with Crippen molar-refractivity contribution in [2.24, 2.45) is 5.92 Å². The number of amides is 1. The summed E-state index contributed by atoms with van der Waals surface area (Å²) in [5.41, 5.74) is 8.62. The van der Waals surface area contributed by atoms with Crippen LogP contribution in [-0.2, 0) is 16.4 Å². The summed E-state index contributed by atoms with van der Waals surface area (Å²) < 4.78 is 28.3. The molecule has 0 spiro atoms. The molecule has 0 aliphatic carbocycles. The van der Waals surface area contributed by atoms with Crippen LogP contribution < -0.4 is 11.1 Å². The number of sulfonamides is 1. The van der Waals surface area contributed by atoms with Crippen LogP contribution in [0.5, 0.6) is 0 Å². The van der Waals surface area contributed by atoms with Gasteiger partial charge in [0.05, 0.1) is 17.0 Å². The molecule has 7 nitrogen and oxygen atoms in total. The Kier molecular flexibility index (Phi) is 9.86. The zero-order valence-electron chi connectivity index (χ0n) is 21.7. The molecule has 198 valence electrons. The Hall–Kier alpha value is -3.20. The molecule has 3 rings (SSSR count). The first kappa shape index (κ1) is 28.4. The second kappa shape index (κ2) is 12.9. The van der Waals surface area contributed by atoms with Crippen molar-refractivity contribution in [2.75, 3.05) is 18.8 Å². The van der Waals surface area contributed by atoms with Gasteiger partial charge in [-0.25, -0.2) is 8.42 Å². The molecule has 1 amide bonds. The fourth-order valence-corrected chi connectivity index (χ4v) is 5.83. The number of aliphatic hydroxyl groups is 1. The van der Waals surface area contributed by atoms with Crippen molar-refractivity contribution in [3.8, 4) is 0 Å². The number of hydrogen-bond donors (Lipinski definition) is 3. The van der Waals surface area contributed by atoms with E-state index in [0.717, 1.165) is 11.1 Å². The van der Waals surface area contributed by atoms with E-state index in [1.807, 2.05) is 63.2 Å². The number of aliphatic hydroxyl groups excluding tert-OH is 1. The van der Waals surface area contributed by atoms with Crippen molar-refractivity contribution < 1.29 is 18.3 Å². The standard InChI is InChI=1S/C29H37N3O4S/c1-21(2)19-32(37(35,36)25-16-14-24(30)15-17-25)20-28(33)27(18-13-23-10-5-4-6-11-23)31-29(34)26-12-8-7-9-22(26)3/h4-12,14-17,21,27-28,33H,13,18-20,30H2,1-3H3,(H,31,34)/t27-,28+/m0/s1. The van der Waals surface area contributed by atoms with Gasteiger partial charge in [-0.2, -0.15) is 4.31 Å². The van der Waals surface area contributed by atoms with Crippen molar-refractivity contribution in [2.45, 2.75) is 50.7 Å². The van der Waals surface area contributed by atoms with E-state index in [4.69, 9.17) is 5.73 Å². The summed E-state index contributed by atoms with van der Waals surface area (Å²) in [6.45, 7) is 5.77. The average molecular weight is 524 g/mol. The van der Waals surface area contributed by atoms with Gasteiger partial charge in [0.25, 0.3) is 5.91 Å². The summed E-state index contributed by atoms with van der Waals surface area (Å²) in [5.74, 6) is -0.271. The smallest absolute Gasteiger partial charge is 0.251 e. The summed E-state index contributed by atoms with van der Waals surface area (Å²) in [6.07, 6.45) is -0.0647. The molecule has 0 saturated carbocycles. The SMILES string of the molecule is Cc1ccccc1C(=O)N[C@@H](CCc1ccccc1)[C@H](O)CN(CC(C)C)S(=O)(=O)c1ccc(N)cc1. The largest absolute Gasteiger partial charge is 0.399 e. The van der Waals surface area contributed by atoms with E-state index < -0.39 is 22.2 Å². The maximum Gasteiger partial charge on any atom is 0.251 e. The minimum absolute atomic E-state index is 0.0279. The first-order valence-electron chi connectivity index (χ1n) is 12.5. The van der Waals surface area contributed by atoms with Crippen molar-refractivity contribution in [1.29, 1.82) is 0 Å². The van der Waals surface area contributed by atoms with Crippen LogP contribution in [0.2, 0.25) is 0 Å². The number of benzene rings is 3. The van der Waals surface area contributed by atoms with E-state index in [0.29, 0.717) is 24.1 Å². The van der Waals surface area contributed by atoms with Gasteiger partial charge in [-0.3, -0.25) is 4.79 Å². The van der Waals surface area contributed by atoms with E-state index in [9.17, 15) is 18.3 Å². The van der Waals surface area contributed by atoms with Crippen LogP contribution in [0.15, 0.2) is 83.8 Å². The summed E-state index contributed by atoms with van der Waals surface area (Å²) >= 11 is 0. The summed E-state index contributed by atoms with van der Waals surface area (Å²) in [5, 5.41) is 14.3. The normalized spacial score (nSPS) is 13.5. The first-order valence-corrected chi connectivity index (χ1v) is 14.0.